The Kier molecular flexibility index (Phi) is 7.02. The summed E-state index contributed by atoms with van der Waals surface area (Å²) in [6, 6.07) is 24.3. The number of methoxy groups -OCH3 is 1. The molecule has 0 saturated heterocycles. The highest BCUT2D eigenvalue weighted by Crippen LogP contribution is 2.38. The molecule has 1 aliphatic heterocycles. The summed E-state index contributed by atoms with van der Waals surface area (Å²) in [5, 5.41) is 12.9. The molecule has 3 aromatic carbocycles. The second kappa shape index (κ2) is 10.8. The Morgan fingerprint density at radius 2 is 1.82 bits per heavy atom. The quantitative estimate of drug-likeness (QED) is 0.203. The third kappa shape index (κ3) is 5.00. The van der Waals surface area contributed by atoms with Gasteiger partial charge in [0.1, 0.15) is 22.1 Å². The fraction of sp³-hybridized carbons (Fsp3) is 0.226. The van der Waals surface area contributed by atoms with Crippen LogP contribution in [-0.4, -0.2) is 26.3 Å². The summed E-state index contributed by atoms with van der Waals surface area (Å²) in [5.74, 6) is 1.81. The maximum Gasteiger partial charge on any atom is 0.150 e. The molecule has 39 heavy (non-hydrogen) atoms. The molecular weight excluding hydrogens is 526 g/mol. The Bertz CT molecular complexity index is 1650. The number of hydrogen-bond acceptors (Lipinski definition) is 4. The van der Waals surface area contributed by atoms with Crippen LogP contribution in [-0.2, 0) is 19.5 Å². The predicted molar refractivity (Wildman–Crippen MR) is 163 cm³/mol. The van der Waals surface area contributed by atoms with Crippen LogP contribution < -0.4 is 15.4 Å². The van der Waals surface area contributed by atoms with Crippen molar-refractivity contribution >= 4 is 45.8 Å². The van der Waals surface area contributed by atoms with Gasteiger partial charge in [-0.1, -0.05) is 48.1 Å². The van der Waals surface area contributed by atoms with Crippen LogP contribution in [0.15, 0.2) is 72.8 Å². The van der Waals surface area contributed by atoms with Gasteiger partial charge < -0.3 is 19.9 Å². The number of hydrogen-bond donors (Lipinski definition) is 2. The first-order valence-electron chi connectivity index (χ1n) is 13.2. The molecule has 0 radical (unpaired) electrons. The van der Waals surface area contributed by atoms with Crippen LogP contribution in [0.5, 0.6) is 5.75 Å². The van der Waals surface area contributed by atoms with Gasteiger partial charge in [-0.15, -0.1) is 0 Å². The van der Waals surface area contributed by atoms with Crippen LogP contribution in [0.1, 0.15) is 35.5 Å². The van der Waals surface area contributed by atoms with Crippen molar-refractivity contribution in [2.45, 2.75) is 39.3 Å². The van der Waals surface area contributed by atoms with Crippen LogP contribution in [0.2, 0.25) is 5.02 Å². The Hall–Kier alpha value is -3.81. The van der Waals surface area contributed by atoms with Gasteiger partial charge in [0.05, 0.1) is 13.7 Å². The van der Waals surface area contributed by atoms with Gasteiger partial charge >= 0.3 is 0 Å². The lowest BCUT2D eigenvalue weighted by Crippen LogP contribution is -2.15. The van der Waals surface area contributed by atoms with E-state index in [0.29, 0.717) is 16.6 Å². The van der Waals surface area contributed by atoms with E-state index in [9.17, 15) is 0 Å². The highest BCUT2D eigenvalue weighted by molar-refractivity contribution is 7.81. The minimum Gasteiger partial charge on any atom is -0.497 e. The average Bonchev–Trinajstić information content (AvgIpc) is 3.34. The van der Waals surface area contributed by atoms with E-state index in [1.165, 1.54) is 11.1 Å². The third-order valence-electron chi connectivity index (χ3n) is 7.23. The topological polar surface area (TPSA) is 55.5 Å². The number of nitrogens with zero attached hydrogens (tertiary/aromatic N) is 3. The van der Waals surface area contributed by atoms with Crippen molar-refractivity contribution in [1.82, 2.24) is 14.2 Å². The summed E-state index contributed by atoms with van der Waals surface area (Å²) >= 11 is 12.4. The molecule has 1 aliphatic rings. The lowest BCUT2D eigenvalue weighted by atomic mass is 9.98. The van der Waals surface area contributed by atoms with Crippen molar-refractivity contribution in [3.63, 3.8) is 0 Å². The van der Waals surface area contributed by atoms with Crippen molar-refractivity contribution in [3.8, 4) is 16.9 Å². The van der Waals surface area contributed by atoms with Crippen LogP contribution in [0.4, 0.5) is 11.4 Å². The Morgan fingerprint density at radius 3 is 2.56 bits per heavy atom. The summed E-state index contributed by atoms with van der Waals surface area (Å²) in [5.41, 5.74) is 8.68. The van der Waals surface area contributed by atoms with Gasteiger partial charge in [-0.25, -0.2) is 4.52 Å². The monoisotopic (exact) mass is 555 g/mol. The van der Waals surface area contributed by atoms with E-state index in [2.05, 4.69) is 50.9 Å². The lowest BCUT2D eigenvalue weighted by molar-refractivity contribution is 0.415. The zero-order chi connectivity index (χ0) is 26.9. The summed E-state index contributed by atoms with van der Waals surface area (Å²) in [6.45, 7) is 3.59. The van der Waals surface area contributed by atoms with Crippen molar-refractivity contribution in [3.05, 3.63) is 100 Å². The van der Waals surface area contributed by atoms with E-state index >= 15 is 0 Å². The average molecular weight is 556 g/mol. The summed E-state index contributed by atoms with van der Waals surface area (Å²) in [4.78, 5) is 0.645. The van der Waals surface area contributed by atoms with Crippen molar-refractivity contribution in [1.29, 1.82) is 0 Å². The number of anilines is 2. The summed E-state index contributed by atoms with van der Waals surface area (Å²) < 4.78 is 9.71. The molecule has 2 N–H and O–H groups in total. The number of benzene rings is 3. The maximum atomic E-state index is 6.27. The van der Waals surface area contributed by atoms with Crippen LogP contribution in [0.3, 0.4) is 0 Å². The van der Waals surface area contributed by atoms with Gasteiger partial charge in [0, 0.05) is 34.1 Å². The lowest BCUT2D eigenvalue weighted by Gasteiger charge is -2.12. The maximum absolute atomic E-state index is 6.27. The largest absolute Gasteiger partial charge is 0.497 e. The fourth-order valence-corrected chi connectivity index (χ4v) is 5.81. The molecule has 8 heteroatoms. The van der Waals surface area contributed by atoms with Crippen molar-refractivity contribution in [2.24, 2.45) is 0 Å². The van der Waals surface area contributed by atoms with E-state index in [4.69, 9.17) is 33.7 Å². The SMILES string of the molecule is COc1ccc(NCc2nn3c(C(=S)Nc4cccc(C)c4)c(-c4ccc(Cl)cc4)c4c3n2CCCC4)cc1. The number of aromatic nitrogens is 3. The molecule has 6 rings (SSSR count). The molecule has 0 atom stereocenters. The first-order chi connectivity index (χ1) is 19.0. The van der Waals surface area contributed by atoms with Crippen LogP contribution in [0.25, 0.3) is 16.8 Å². The number of thiocarbonyl (C=S) groups is 1. The number of ether oxygens (including phenoxy) is 1. The molecule has 2 aromatic heterocycles. The van der Waals surface area contributed by atoms with E-state index in [1.54, 1.807) is 7.11 Å². The van der Waals surface area contributed by atoms with Crippen LogP contribution in [0, 0.1) is 6.92 Å². The molecule has 6 nitrogen and oxygen atoms in total. The van der Waals surface area contributed by atoms with E-state index in [0.717, 1.165) is 71.2 Å². The molecule has 0 fully saturated rings. The zero-order valence-corrected chi connectivity index (χ0v) is 23.6. The minimum atomic E-state index is 0.598. The molecule has 3 heterocycles. The first-order valence-corrected chi connectivity index (χ1v) is 14.0. The molecule has 0 bridgehead atoms. The van der Waals surface area contributed by atoms with Gasteiger partial charge in [0.2, 0.25) is 0 Å². The summed E-state index contributed by atoms with van der Waals surface area (Å²) in [6.07, 6.45) is 3.16. The molecule has 0 unspecified atom stereocenters. The standard InChI is InChI=1S/C31H30ClN5OS/c1-20-6-5-7-24(18-20)34-30(39)29-28(21-9-11-22(32)12-10-21)26-8-3-4-17-36-27(35-37(29)31(26)36)19-33-23-13-15-25(38-2)16-14-23/h5-7,9-16,18,33H,3-4,8,17,19H2,1-2H3,(H,34,39). The Labute approximate surface area is 238 Å². The van der Waals surface area contributed by atoms with Crippen LogP contribution >= 0.6 is 23.8 Å². The molecule has 0 aliphatic carbocycles. The highest BCUT2D eigenvalue weighted by Gasteiger charge is 2.29. The molecule has 198 valence electrons. The number of nitrogens with one attached hydrogen (secondary N) is 2. The third-order valence-corrected chi connectivity index (χ3v) is 7.77. The molecule has 0 spiro atoms. The smallest absolute Gasteiger partial charge is 0.150 e. The molecule has 0 amide bonds. The zero-order valence-electron chi connectivity index (χ0n) is 22.0. The second-order valence-electron chi connectivity index (χ2n) is 9.88. The van der Waals surface area contributed by atoms with Gasteiger partial charge in [-0.2, -0.15) is 5.10 Å². The number of rotatable bonds is 7. The minimum absolute atomic E-state index is 0.598. The first kappa shape index (κ1) is 25.5. The van der Waals surface area contributed by atoms with Crippen molar-refractivity contribution in [2.75, 3.05) is 17.7 Å². The van der Waals surface area contributed by atoms with Gasteiger partial charge in [0.15, 0.2) is 5.82 Å². The Balaban J connectivity index is 1.46. The van der Waals surface area contributed by atoms with E-state index < -0.39 is 0 Å². The number of aryl methyl sites for hydroxylation is 3. The second-order valence-corrected chi connectivity index (χ2v) is 10.7. The van der Waals surface area contributed by atoms with Crippen molar-refractivity contribution < 1.29 is 4.74 Å². The molecule has 0 saturated carbocycles. The van der Waals surface area contributed by atoms with Gasteiger partial charge in [-0.3, -0.25) is 0 Å². The predicted octanol–water partition coefficient (Wildman–Crippen LogP) is 7.51. The number of halogens is 1. The van der Waals surface area contributed by atoms with Gasteiger partial charge in [-0.05, 0) is 85.8 Å². The van der Waals surface area contributed by atoms with E-state index in [1.807, 2.05) is 48.5 Å². The van der Waals surface area contributed by atoms with E-state index in [-0.39, 0.29) is 0 Å². The highest BCUT2D eigenvalue weighted by atomic mass is 35.5. The fourth-order valence-electron chi connectivity index (χ4n) is 5.38. The molecule has 5 aromatic rings. The van der Waals surface area contributed by atoms with Gasteiger partial charge in [0.25, 0.3) is 0 Å². The summed E-state index contributed by atoms with van der Waals surface area (Å²) in [7, 11) is 1.68. The Morgan fingerprint density at radius 1 is 1.03 bits per heavy atom. The normalized spacial score (nSPS) is 12.8. The molecular formula is C31H30ClN5OS.